The number of sulfonamides is 1. The predicted octanol–water partition coefficient (Wildman–Crippen LogP) is 3.16. The second-order valence-electron chi connectivity index (χ2n) is 7.07. The molecule has 3 rings (SSSR count). The van der Waals surface area contributed by atoms with E-state index >= 15 is 0 Å². The largest absolute Gasteiger partial charge is 0.497 e. The molecule has 144 valence electrons. The Morgan fingerprint density at radius 2 is 1.93 bits per heavy atom. The zero-order chi connectivity index (χ0) is 19.8. The van der Waals surface area contributed by atoms with Crippen LogP contribution in [0.3, 0.4) is 0 Å². The number of anilines is 2. The molecular weight excluding hydrogens is 368 g/mol. The molecule has 0 atom stereocenters. The normalized spacial score (nSPS) is 15.8. The number of benzene rings is 2. The highest BCUT2D eigenvalue weighted by Gasteiger charge is 2.32. The van der Waals surface area contributed by atoms with Crippen molar-refractivity contribution >= 4 is 27.3 Å². The van der Waals surface area contributed by atoms with Crippen molar-refractivity contribution in [3.63, 3.8) is 0 Å². The molecule has 0 fully saturated rings. The number of amides is 1. The van der Waals surface area contributed by atoms with E-state index in [-0.39, 0.29) is 17.4 Å². The van der Waals surface area contributed by atoms with Gasteiger partial charge in [-0.05, 0) is 56.7 Å². The molecule has 0 bridgehead atoms. The van der Waals surface area contributed by atoms with Gasteiger partial charge in [-0.3, -0.25) is 9.52 Å². The van der Waals surface area contributed by atoms with Crippen molar-refractivity contribution in [2.45, 2.75) is 25.7 Å². The van der Waals surface area contributed by atoms with Crippen molar-refractivity contribution in [2.75, 3.05) is 23.8 Å². The van der Waals surface area contributed by atoms with E-state index in [1.807, 2.05) is 0 Å². The fourth-order valence-corrected chi connectivity index (χ4v) is 3.96. The molecule has 2 N–H and O–H groups in total. The second kappa shape index (κ2) is 6.77. The van der Waals surface area contributed by atoms with E-state index in [4.69, 9.17) is 9.47 Å². The maximum atomic E-state index is 12.8. The number of nitrogens with one attached hydrogen (secondary N) is 2. The van der Waals surface area contributed by atoms with Gasteiger partial charge in [-0.2, -0.15) is 0 Å². The average Bonchev–Trinajstić information content (AvgIpc) is 2.71. The third-order valence-electron chi connectivity index (χ3n) is 4.36. The van der Waals surface area contributed by atoms with E-state index in [2.05, 4.69) is 10.0 Å². The Labute approximate surface area is 158 Å². The van der Waals surface area contributed by atoms with Crippen molar-refractivity contribution in [1.82, 2.24) is 0 Å². The van der Waals surface area contributed by atoms with Crippen molar-refractivity contribution < 1.29 is 22.7 Å². The maximum absolute atomic E-state index is 12.8. The quantitative estimate of drug-likeness (QED) is 0.836. The van der Waals surface area contributed by atoms with Crippen molar-refractivity contribution in [2.24, 2.45) is 5.41 Å². The minimum Gasteiger partial charge on any atom is -0.497 e. The van der Waals surface area contributed by atoms with Gasteiger partial charge in [-0.15, -0.1) is 0 Å². The summed E-state index contributed by atoms with van der Waals surface area (Å²) in [6.45, 7) is 5.46. The van der Waals surface area contributed by atoms with Gasteiger partial charge in [0.1, 0.15) is 18.1 Å². The Kier molecular flexibility index (Phi) is 4.77. The zero-order valence-electron chi connectivity index (χ0n) is 15.6. The van der Waals surface area contributed by atoms with Gasteiger partial charge in [-0.1, -0.05) is 0 Å². The summed E-state index contributed by atoms with van der Waals surface area (Å²) < 4.78 is 38.9. The van der Waals surface area contributed by atoms with E-state index in [0.29, 0.717) is 28.4 Å². The summed E-state index contributed by atoms with van der Waals surface area (Å²) in [6, 6.07) is 9.52. The molecule has 1 aliphatic heterocycles. The molecule has 1 amide bonds. The highest BCUT2D eigenvalue weighted by molar-refractivity contribution is 7.92. The summed E-state index contributed by atoms with van der Waals surface area (Å²) >= 11 is 0. The number of hydrogen-bond acceptors (Lipinski definition) is 5. The van der Waals surface area contributed by atoms with Gasteiger partial charge in [0.05, 0.1) is 28.8 Å². The van der Waals surface area contributed by atoms with Gasteiger partial charge in [0, 0.05) is 6.07 Å². The molecule has 1 aliphatic rings. The number of aryl methyl sites for hydroxylation is 1. The van der Waals surface area contributed by atoms with Gasteiger partial charge < -0.3 is 14.8 Å². The molecule has 0 saturated carbocycles. The number of methoxy groups -OCH3 is 1. The number of hydrogen-bond donors (Lipinski definition) is 2. The minimum absolute atomic E-state index is 0.150. The topological polar surface area (TPSA) is 93.7 Å². The Hall–Kier alpha value is -2.74. The Morgan fingerprint density at radius 1 is 1.19 bits per heavy atom. The molecule has 8 heteroatoms. The summed E-state index contributed by atoms with van der Waals surface area (Å²) in [5, 5.41) is 2.80. The van der Waals surface area contributed by atoms with Crippen LogP contribution in [0.1, 0.15) is 19.4 Å². The third kappa shape index (κ3) is 3.85. The lowest BCUT2D eigenvalue weighted by molar-refractivity contribution is -0.124. The van der Waals surface area contributed by atoms with Gasteiger partial charge in [-0.25, -0.2) is 8.42 Å². The highest BCUT2D eigenvalue weighted by Crippen LogP contribution is 2.35. The van der Waals surface area contributed by atoms with Crippen LogP contribution in [-0.4, -0.2) is 28.0 Å². The number of ether oxygens (including phenoxy) is 2. The summed E-state index contributed by atoms with van der Waals surface area (Å²) in [7, 11) is -2.26. The first-order valence-electron chi connectivity index (χ1n) is 8.38. The lowest BCUT2D eigenvalue weighted by Crippen LogP contribution is -2.33. The average molecular weight is 390 g/mol. The fraction of sp³-hybridized carbons (Fsp3) is 0.316. The van der Waals surface area contributed by atoms with E-state index in [9.17, 15) is 13.2 Å². The van der Waals surface area contributed by atoms with Crippen LogP contribution in [0.5, 0.6) is 11.5 Å². The molecule has 0 radical (unpaired) electrons. The molecule has 2 aromatic rings. The van der Waals surface area contributed by atoms with Crippen LogP contribution in [-0.2, 0) is 14.8 Å². The predicted molar refractivity (Wildman–Crippen MR) is 103 cm³/mol. The number of fused-ring (bicyclic) bond motifs is 1. The van der Waals surface area contributed by atoms with Crippen LogP contribution in [0.25, 0.3) is 0 Å². The summed E-state index contributed by atoms with van der Waals surface area (Å²) in [6.07, 6.45) is 0. The summed E-state index contributed by atoms with van der Waals surface area (Å²) in [5.74, 6) is 0.854. The smallest absolute Gasteiger partial charge is 0.262 e. The maximum Gasteiger partial charge on any atom is 0.262 e. The van der Waals surface area contributed by atoms with Crippen LogP contribution >= 0.6 is 0 Å². The Bertz CT molecular complexity index is 999. The van der Waals surface area contributed by atoms with Crippen molar-refractivity contribution in [3.8, 4) is 11.5 Å². The Morgan fingerprint density at radius 3 is 2.59 bits per heavy atom. The summed E-state index contributed by atoms with van der Waals surface area (Å²) in [5.41, 5.74) is 0.743. The monoisotopic (exact) mass is 390 g/mol. The fourth-order valence-electron chi connectivity index (χ4n) is 2.68. The van der Waals surface area contributed by atoms with Crippen LogP contribution in [0.2, 0.25) is 0 Å². The molecule has 27 heavy (non-hydrogen) atoms. The van der Waals surface area contributed by atoms with Crippen LogP contribution in [0.15, 0.2) is 41.3 Å². The third-order valence-corrected chi connectivity index (χ3v) is 5.90. The van der Waals surface area contributed by atoms with Gasteiger partial charge in [0.25, 0.3) is 10.0 Å². The van der Waals surface area contributed by atoms with E-state index < -0.39 is 15.4 Å². The van der Waals surface area contributed by atoms with Crippen molar-refractivity contribution in [3.05, 3.63) is 42.0 Å². The molecule has 0 aliphatic carbocycles. The van der Waals surface area contributed by atoms with E-state index in [0.717, 1.165) is 0 Å². The molecule has 0 spiro atoms. The number of carbonyl (C=O) groups is 1. The molecule has 0 unspecified atom stereocenters. The molecule has 0 aromatic heterocycles. The first-order valence-corrected chi connectivity index (χ1v) is 9.86. The highest BCUT2D eigenvalue weighted by atomic mass is 32.2. The second-order valence-corrected chi connectivity index (χ2v) is 8.73. The minimum atomic E-state index is -3.79. The van der Waals surface area contributed by atoms with Crippen LogP contribution in [0, 0.1) is 12.3 Å². The van der Waals surface area contributed by atoms with Crippen molar-refractivity contribution in [1.29, 1.82) is 0 Å². The standard InChI is InChI=1S/C19H22N2O5S/c1-12-9-14(25-4)6-8-17(12)27(23,24)21-13-5-7-15-16(10-13)26-11-19(2,3)18(22)20-15/h5-10,21H,11H2,1-4H3,(H,20,22). The Balaban J connectivity index is 1.89. The zero-order valence-corrected chi connectivity index (χ0v) is 16.4. The molecule has 7 nitrogen and oxygen atoms in total. The molecular formula is C19H22N2O5S. The van der Waals surface area contributed by atoms with Crippen LogP contribution in [0.4, 0.5) is 11.4 Å². The van der Waals surface area contributed by atoms with Gasteiger partial charge >= 0.3 is 0 Å². The van der Waals surface area contributed by atoms with Gasteiger partial charge in [0.15, 0.2) is 0 Å². The first-order chi connectivity index (χ1) is 12.6. The lowest BCUT2D eigenvalue weighted by atomic mass is 9.94. The van der Waals surface area contributed by atoms with Crippen LogP contribution < -0.4 is 19.5 Å². The number of rotatable bonds is 4. The number of carbonyl (C=O) groups excluding carboxylic acids is 1. The molecule has 2 aromatic carbocycles. The molecule has 0 saturated heterocycles. The summed E-state index contributed by atoms with van der Waals surface area (Å²) in [4.78, 5) is 12.3. The molecule has 1 heterocycles. The van der Waals surface area contributed by atoms with E-state index in [1.165, 1.54) is 13.2 Å². The van der Waals surface area contributed by atoms with Gasteiger partial charge in [0.2, 0.25) is 5.91 Å². The first kappa shape index (κ1) is 19.0. The SMILES string of the molecule is COc1ccc(S(=O)(=O)Nc2ccc3c(c2)OCC(C)(C)C(=O)N3)c(C)c1. The van der Waals surface area contributed by atoms with E-state index in [1.54, 1.807) is 51.1 Å². The lowest BCUT2D eigenvalue weighted by Gasteiger charge is -2.18.